The van der Waals surface area contributed by atoms with Crippen LogP contribution in [0.15, 0.2) is 40.8 Å². The van der Waals surface area contributed by atoms with Gasteiger partial charge in [0.15, 0.2) is 0 Å². The molecule has 0 saturated heterocycles. The van der Waals surface area contributed by atoms with Crippen LogP contribution in [0.25, 0.3) is 0 Å². The third-order valence-electron chi connectivity index (χ3n) is 2.66. The molecule has 5 heteroatoms. The van der Waals surface area contributed by atoms with Crippen LogP contribution in [-0.4, -0.2) is 22.8 Å². The molecular formula is C14H14O5. The highest BCUT2D eigenvalue weighted by atomic mass is 16.5. The Morgan fingerprint density at radius 2 is 1.95 bits per heavy atom. The molecular weight excluding hydrogens is 248 g/mol. The molecule has 19 heavy (non-hydrogen) atoms. The average molecular weight is 262 g/mol. The van der Waals surface area contributed by atoms with E-state index in [9.17, 15) is 9.90 Å². The number of carboxylic acids is 1. The molecule has 2 N–H and O–H groups in total. The van der Waals surface area contributed by atoms with Gasteiger partial charge in [-0.1, -0.05) is 0 Å². The number of ether oxygens (including phenoxy) is 1. The quantitative estimate of drug-likeness (QED) is 0.865. The van der Waals surface area contributed by atoms with Crippen LogP contribution in [0.4, 0.5) is 0 Å². The van der Waals surface area contributed by atoms with Crippen LogP contribution in [-0.2, 0) is 4.79 Å². The van der Waals surface area contributed by atoms with E-state index in [2.05, 4.69) is 0 Å². The lowest BCUT2D eigenvalue weighted by molar-refractivity contribution is -0.140. The minimum absolute atomic E-state index is 0.0347. The van der Waals surface area contributed by atoms with E-state index < -0.39 is 11.9 Å². The fourth-order valence-corrected chi connectivity index (χ4v) is 1.64. The summed E-state index contributed by atoms with van der Waals surface area (Å²) in [5.41, 5.74) is 0. The van der Waals surface area contributed by atoms with Crippen LogP contribution in [0.2, 0.25) is 0 Å². The molecule has 0 radical (unpaired) electrons. The Morgan fingerprint density at radius 1 is 1.26 bits per heavy atom. The standard InChI is InChI=1S/C14H14O5/c1-9-2-7-13(19-9)12(14(16)17)8-18-11-5-3-10(15)4-6-11/h2-7,12,15H,8H2,1H3,(H,16,17). The number of hydrogen-bond donors (Lipinski definition) is 2. The van der Waals surface area contributed by atoms with Crippen LogP contribution in [0, 0.1) is 6.92 Å². The lowest BCUT2D eigenvalue weighted by Gasteiger charge is -2.11. The largest absolute Gasteiger partial charge is 0.508 e. The Labute approximate surface area is 110 Å². The first-order chi connectivity index (χ1) is 9.06. The molecule has 1 heterocycles. The Bertz CT molecular complexity index is 555. The first-order valence-corrected chi connectivity index (χ1v) is 5.77. The number of rotatable bonds is 5. The van der Waals surface area contributed by atoms with Gasteiger partial charge in [-0.05, 0) is 43.3 Å². The smallest absolute Gasteiger partial charge is 0.317 e. The molecule has 1 aromatic heterocycles. The zero-order chi connectivity index (χ0) is 13.8. The zero-order valence-electron chi connectivity index (χ0n) is 10.4. The zero-order valence-corrected chi connectivity index (χ0v) is 10.4. The fourth-order valence-electron chi connectivity index (χ4n) is 1.64. The summed E-state index contributed by atoms with van der Waals surface area (Å²) in [5, 5.41) is 18.3. The van der Waals surface area contributed by atoms with Crippen molar-refractivity contribution in [1.82, 2.24) is 0 Å². The summed E-state index contributed by atoms with van der Waals surface area (Å²) >= 11 is 0. The van der Waals surface area contributed by atoms with E-state index in [1.165, 1.54) is 12.1 Å². The van der Waals surface area contributed by atoms with Gasteiger partial charge in [-0.25, -0.2) is 0 Å². The summed E-state index contributed by atoms with van der Waals surface area (Å²) < 4.78 is 10.7. The minimum atomic E-state index is -1.01. The lowest BCUT2D eigenvalue weighted by atomic mass is 10.1. The number of carbonyl (C=O) groups is 1. The number of benzene rings is 1. The highest BCUT2D eigenvalue weighted by Gasteiger charge is 2.24. The molecule has 0 amide bonds. The fraction of sp³-hybridized carbons (Fsp3) is 0.214. The molecule has 0 bridgehead atoms. The van der Waals surface area contributed by atoms with Crippen molar-refractivity contribution in [2.45, 2.75) is 12.8 Å². The number of aryl methyl sites for hydroxylation is 1. The van der Waals surface area contributed by atoms with E-state index in [1.807, 2.05) is 0 Å². The minimum Gasteiger partial charge on any atom is -0.508 e. The monoisotopic (exact) mass is 262 g/mol. The predicted octanol–water partition coefficient (Wildman–Crippen LogP) is 2.54. The maximum absolute atomic E-state index is 11.2. The van der Waals surface area contributed by atoms with Crippen LogP contribution in [0.1, 0.15) is 17.4 Å². The highest BCUT2D eigenvalue weighted by Crippen LogP contribution is 2.22. The van der Waals surface area contributed by atoms with Crippen molar-refractivity contribution >= 4 is 5.97 Å². The Kier molecular flexibility index (Phi) is 3.75. The Hall–Kier alpha value is -2.43. The molecule has 0 aliphatic heterocycles. The summed E-state index contributed by atoms with van der Waals surface area (Å²) in [7, 11) is 0. The number of aromatic hydroxyl groups is 1. The second kappa shape index (κ2) is 5.48. The maximum Gasteiger partial charge on any atom is 0.317 e. The van der Waals surface area contributed by atoms with E-state index in [0.29, 0.717) is 17.3 Å². The van der Waals surface area contributed by atoms with Gasteiger partial charge in [0.05, 0.1) is 0 Å². The van der Waals surface area contributed by atoms with E-state index in [0.717, 1.165) is 0 Å². The van der Waals surface area contributed by atoms with Gasteiger partial charge < -0.3 is 19.4 Å². The molecule has 0 spiro atoms. The van der Waals surface area contributed by atoms with E-state index in [-0.39, 0.29) is 12.4 Å². The van der Waals surface area contributed by atoms with Crippen LogP contribution in [0.3, 0.4) is 0 Å². The van der Waals surface area contributed by atoms with Crippen molar-refractivity contribution in [3.8, 4) is 11.5 Å². The molecule has 0 fully saturated rings. The van der Waals surface area contributed by atoms with Crippen LogP contribution >= 0.6 is 0 Å². The van der Waals surface area contributed by atoms with E-state index in [1.54, 1.807) is 31.2 Å². The van der Waals surface area contributed by atoms with Crippen LogP contribution in [0.5, 0.6) is 11.5 Å². The average Bonchev–Trinajstić information content (AvgIpc) is 2.78. The SMILES string of the molecule is Cc1ccc(C(COc2ccc(O)cc2)C(=O)O)o1. The highest BCUT2D eigenvalue weighted by molar-refractivity contribution is 5.75. The second-order valence-electron chi connectivity index (χ2n) is 4.14. The van der Waals surface area contributed by atoms with E-state index in [4.69, 9.17) is 14.3 Å². The third-order valence-corrected chi connectivity index (χ3v) is 2.66. The Morgan fingerprint density at radius 3 is 2.47 bits per heavy atom. The van der Waals surface area contributed by atoms with Gasteiger partial charge in [0, 0.05) is 0 Å². The van der Waals surface area contributed by atoms with Gasteiger partial charge in [-0.3, -0.25) is 4.79 Å². The van der Waals surface area contributed by atoms with Gasteiger partial charge in [-0.2, -0.15) is 0 Å². The molecule has 0 aliphatic carbocycles. The predicted molar refractivity (Wildman–Crippen MR) is 67.4 cm³/mol. The molecule has 1 atom stereocenters. The summed E-state index contributed by atoms with van der Waals surface area (Å²) in [4.78, 5) is 11.2. The normalized spacial score (nSPS) is 12.1. The maximum atomic E-state index is 11.2. The van der Waals surface area contributed by atoms with Crippen molar-refractivity contribution < 1.29 is 24.2 Å². The number of furan rings is 1. The molecule has 1 aromatic carbocycles. The third kappa shape index (κ3) is 3.28. The van der Waals surface area contributed by atoms with Gasteiger partial charge in [0.25, 0.3) is 0 Å². The number of carboxylic acid groups (broad SMARTS) is 1. The van der Waals surface area contributed by atoms with Gasteiger partial charge in [0.2, 0.25) is 0 Å². The molecule has 1 unspecified atom stereocenters. The molecule has 0 saturated carbocycles. The lowest BCUT2D eigenvalue weighted by Crippen LogP contribution is -2.18. The van der Waals surface area contributed by atoms with Gasteiger partial charge >= 0.3 is 5.97 Å². The van der Waals surface area contributed by atoms with Crippen molar-refractivity contribution in [2.75, 3.05) is 6.61 Å². The number of phenolic OH excluding ortho intramolecular Hbond substituents is 1. The summed E-state index contributed by atoms with van der Waals surface area (Å²) in [6.07, 6.45) is 0. The summed E-state index contributed by atoms with van der Waals surface area (Å²) in [5.74, 6) is -0.221. The van der Waals surface area contributed by atoms with E-state index >= 15 is 0 Å². The molecule has 2 aromatic rings. The number of phenols is 1. The van der Waals surface area contributed by atoms with Gasteiger partial charge in [0.1, 0.15) is 35.5 Å². The molecule has 100 valence electrons. The topological polar surface area (TPSA) is 79.9 Å². The van der Waals surface area contributed by atoms with Crippen molar-refractivity contribution in [3.63, 3.8) is 0 Å². The molecule has 2 rings (SSSR count). The van der Waals surface area contributed by atoms with Crippen molar-refractivity contribution in [1.29, 1.82) is 0 Å². The number of hydrogen-bond acceptors (Lipinski definition) is 4. The second-order valence-corrected chi connectivity index (χ2v) is 4.14. The summed E-state index contributed by atoms with van der Waals surface area (Å²) in [6, 6.07) is 9.44. The van der Waals surface area contributed by atoms with Gasteiger partial charge in [-0.15, -0.1) is 0 Å². The van der Waals surface area contributed by atoms with Crippen LogP contribution < -0.4 is 4.74 Å². The molecule has 5 nitrogen and oxygen atoms in total. The first kappa shape index (κ1) is 13.0. The van der Waals surface area contributed by atoms with Crippen molar-refractivity contribution in [3.05, 3.63) is 47.9 Å². The summed E-state index contributed by atoms with van der Waals surface area (Å²) in [6.45, 7) is 1.72. The molecule has 0 aliphatic rings. The van der Waals surface area contributed by atoms with Crippen molar-refractivity contribution in [2.24, 2.45) is 0 Å². The number of aliphatic carboxylic acids is 1. The first-order valence-electron chi connectivity index (χ1n) is 5.77. The Balaban J connectivity index is 2.06.